The third-order valence-corrected chi connectivity index (χ3v) is 4.55. The molecule has 144 valence electrons. The first kappa shape index (κ1) is 19.9. The molecule has 1 fully saturated rings. The first-order valence-corrected chi connectivity index (χ1v) is 8.83. The molecule has 1 aliphatic rings. The van der Waals surface area contributed by atoms with Crippen LogP contribution in [0, 0.1) is 0 Å². The lowest BCUT2D eigenvalue weighted by molar-refractivity contribution is -0.145. The van der Waals surface area contributed by atoms with E-state index in [1.54, 1.807) is 19.2 Å². The number of benzene rings is 1. The van der Waals surface area contributed by atoms with Crippen molar-refractivity contribution in [2.45, 2.75) is 45.8 Å². The molecule has 0 unspecified atom stereocenters. The number of nitrogens with one attached hydrogen (secondary N) is 1. The minimum Gasteiger partial charge on any atom is -0.504 e. The van der Waals surface area contributed by atoms with Crippen LogP contribution in [0.15, 0.2) is 23.2 Å². The zero-order chi connectivity index (χ0) is 19.5. The zero-order valence-electron chi connectivity index (χ0n) is 16.5. The predicted molar refractivity (Wildman–Crippen MR) is 102 cm³/mol. The van der Waals surface area contributed by atoms with E-state index < -0.39 is 0 Å². The number of hydrogen-bond acceptors (Lipinski definition) is 4. The van der Waals surface area contributed by atoms with Gasteiger partial charge in [0.05, 0.1) is 19.2 Å². The number of nitrogens with zero attached hydrogens (tertiary/aromatic N) is 3. The molecule has 1 saturated heterocycles. The van der Waals surface area contributed by atoms with Crippen molar-refractivity contribution in [1.82, 2.24) is 15.1 Å². The Balaban J connectivity index is 2.07. The van der Waals surface area contributed by atoms with E-state index in [1.807, 2.05) is 29.7 Å². The molecule has 0 spiro atoms. The molecule has 0 aromatic heterocycles. The Morgan fingerprint density at radius 1 is 1.42 bits per heavy atom. The van der Waals surface area contributed by atoms with Crippen molar-refractivity contribution in [3.63, 3.8) is 0 Å². The summed E-state index contributed by atoms with van der Waals surface area (Å²) in [5.74, 6) is 1.31. The largest absolute Gasteiger partial charge is 0.504 e. The predicted octanol–water partition coefficient (Wildman–Crippen LogP) is 1.81. The number of aliphatic imine (C=N–C) groups is 1. The van der Waals surface area contributed by atoms with Gasteiger partial charge in [-0.25, -0.2) is 0 Å². The molecule has 1 amide bonds. The van der Waals surface area contributed by atoms with Crippen LogP contribution in [0.5, 0.6) is 11.5 Å². The highest BCUT2D eigenvalue weighted by molar-refractivity contribution is 5.88. The van der Waals surface area contributed by atoms with Gasteiger partial charge in [-0.3, -0.25) is 9.79 Å². The fourth-order valence-electron chi connectivity index (χ4n) is 3.67. The van der Waals surface area contributed by atoms with Crippen LogP contribution in [0.3, 0.4) is 0 Å². The number of ether oxygens (including phenoxy) is 1. The average Bonchev–Trinajstić information content (AvgIpc) is 2.53. The molecule has 1 aliphatic heterocycles. The monoisotopic (exact) mass is 362 g/mol. The van der Waals surface area contributed by atoms with Crippen molar-refractivity contribution in [2.24, 2.45) is 4.99 Å². The number of amides is 1. The maximum absolute atomic E-state index is 12.6. The van der Waals surface area contributed by atoms with Crippen molar-refractivity contribution in [3.05, 3.63) is 23.8 Å². The number of aromatic hydroxyl groups is 1. The van der Waals surface area contributed by atoms with E-state index >= 15 is 0 Å². The maximum atomic E-state index is 12.6. The summed E-state index contributed by atoms with van der Waals surface area (Å²) in [6, 6.07) is 5.43. The van der Waals surface area contributed by atoms with Crippen LogP contribution >= 0.6 is 0 Å². The van der Waals surface area contributed by atoms with Gasteiger partial charge in [0.25, 0.3) is 0 Å². The molecule has 0 radical (unpaired) electrons. The second-order valence-corrected chi connectivity index (χ2v) is 7.43. The number of rotatable bonds is 4. The molecule has 7 nitrogen and oxygen atoms in total. The molecule has 0 atom stereocenters. The van der Waals surface area contributed by atoms with Gasteiger partial charge in [0.1, 0.15) is 0 Å². The first-order valence-electron chi connectivity index (χ1n) is 8.83. The van der Waals surface area contributed by atoms with Crippen molar-refractivity contribution >= 4 is 11.9 Å². The van der Waals surface area contributed by atoms with Gasteiger partial charge < -0.3 is 25.0 Å². The fraction of sp³-hybridized carbons (Fsp3) is 0.579. The van der Waals surface area contributed by atoms with E-state index in [9.17, 15) is 9.90 Å². The highest BCUT2D eigenvalue weighted by atomic mass is 16.5. The summed E-state index contributed by atoms with van der Waals surface area (Å²) in [6.07, 6.45) is 0. The van der Waals surface area contributed by atoms with Crippen molar-refractivity contribution in [2.75, 3.05) is 27.2 Å². The number of phenols is 1. The summed E-state index contributed by atoms with van der Waals surface area (Å²) in [4.78, 5) is 20.9. The summed E-state index contributed by atoms with van der Waals surface area (Å²) in [6.45, 7) is 9.72. The van der Waals surface area contributed by atoms with Gasteiger partial charge in [0, 0.05) is 26.2 Å². The molecule has 0 aliphatic carbocycles. The van der Waals surface area contributed by atoms with E-state index in [0.717, 1.165) is 5.56 Å². The third kappa shape index (κ3) is 4.20. The Morgan fingerprint density at radius 3 is 2.62 bits per heavy atom. The van der Waals surface area contributed by atoms with Crippen LogP contribution < -0.4 is 10.1 Å². The molecular formula is C19H30N4O3. The Bertz CT molecular complexity index is 685. The lowest BCUT2D eigenvalue weighted by Crippen LogP contribution is -2.66. The highest BCUT2D eigenvalue weighted by Crippen LogP contribution is 2.26. The quantitative estimate of drug-likeness (QED) is 0.631. The number of piperazine rings is 1. The number of guanidine groups is 1. The summed E-state index contributed by atoms with van der Waals surface area (Å²) in [5.41, 5.74) is 0.621. The first-order chi connectivity index (χ1) is 12.2. The topological polar surface area (TPSA) is 77.4 Å². The van der Waals surface area contributed by atoms with Crippen molar-refractivity contribution in [1.29, 1.82) is 0 Å². The molecule has 0 bridgehead atoms. The van der Waals surface area contributed by atoms with E-state index in [-0.39, 0.29) is 23.2 Å². The zero-order valence-corrected chi connectivity index (χ0v) is 16.5. The number of methoxy groups -OCH3 is 1. The highest BCUT2D eigenvalue weighted by Gasteiger charge is 2.40. The summed E-state index contributed by atoms with van der Waals surface area (Å²) in [5, 5.41) is 13.2. The van der Waals surface area contributed by atoms with Gasteiger partial charge in [0.15, 0.2) is 17.5 Å². The Kier molecular flexibility index (Phi) is 6.00. The Labute approximate surface area is 155 Å². The van der Waals surface area contributed by atoms with E-state index in [4.69, 9.17) is 4.74 Å². The number of hydrogen-bond donors (Lipinski definition) is 2. The van der Waals surface area contributed by atoms with Gasteiger partial charge >= 0.3 is 0 Å². The van der Waals surface area contributed by atoms with Gasteiger partial charge in [0.2, 0.25) is 5.91 Å². The van der Waals surface area contributed by atoms with Crippen LogP contribution in [-0.4, -0.2) is 65.6 Å². The smallest absolute Gasteiger partial charge is 0.242 e. The standard InChI is InChI=1S/C19H30N4O3/c1-13(2)23-17(25)11-22(12-19(23,3)4)18(20-5)21-10-14-7-8-16(26-6)15(24)9-14/h7-9,13,24H,10-12H2,1-6H3,(H,20,21). The van der Waals surface area contributed by atoms with Crippen molar-refractivity contribution in [3.8, 4) is 11.5 Å². The molecule has 2 rings (SSSR count). The molecule has 1 heterocycles. The molecule has 7 heteroatoms. The van der Waals surface area contributed by atoms with Gasteiger partial charge in [-0.1, -0.05) is 6.07 Å². The van der Waals surface area contributed by atoms with Crippen LogP contribution in [0.4, 0.5) is 0 Å². The number of phenolic OH excluding ortho intramolecular Hbond substituents is 1. The van der Waals surface area contributed by atoms with Gasteiger partial charge in [-0.05, 0) is 45.4 Å². The minimum absolute atomic E-state index is 0.0984. The van der Waals surface area contributed by atoms with E-state index in [0.29, 0.717) is 31.3 Å². The minimum atomic E-state index is -0.278. The van der Waals surface area contributed by atoms with Crippen LogP contribution in [0.25, 0.3) is 0 Å². The average molecular weight is 362 g/mol. The third-order valence-electron chi connectivity index (χ3n) is 4.55. The van der Waals surface area contributed by atoms with Crippen molar-refractivity contribution < 1.29 is 14.6 Å². The van der Waals surface area contributed by atoms with Gasteiger partial charge in [-0.2, -0.15) is 0 Å². The molecule has 0 saturated carbocycles. The fourth-order valence-corrected chi connectivity index (χ4v) is 3.67. The van der Waals surface area contributed by atoms with Crippen LogP contribution in [0.2, 0.25) is 0 Å². The SMILES string of the molecule is CN=C(NCc1ccc(OC)c(O)c1)N1CC(=O)N(C(C)C)C(C)(C)C1. The Hall–Kier alpha value is -2.44. The number of carbonyl (C=O) groups is 1. The van der Waals surface area contributed by atoms with Crippen LogP contribution in [-0.2, 0) is 11.3 Å². The van der Waals surface area contributed by atoms with Crippen LogP contribution in [0.1, 0.15) is 33.3 Å². The normalized spacial score (nSPS) is 17.7. The molecule has 26 heavy (non-hydrogen) atoms. The second kappa shape index (κ2) is 7.85. The molecule has 1 aromatic rings. The summed E-state index contributed by atoms with van der Waals surface area (Å²) < 4.78 is 5.06. The lowest BCUT2D eigenvalue weighted by atomic mass is 9.96. The summed E-state index contributed by atoms with van der Waals surface area (Å²) >= 11 is 0. The maximum Gasteiger partial charge on any atom is 0.242 e. The molecule has 1 aromatic carbocycles. The Morgan fingerprint density at radius 2 is 2.12 bits per heavy atom. The van der Waals surface area contributed by atoms with E-state index in [1.165, 1.54) is 7.11 Å². The van der Waals surface area contributed by atoms with E-state index in [2.05, 4.69) is 24.2 Å². The number of carbonyl (C=O) groups excluding carboxylic acids is 1. The van der Waals surface area contributed by atoms with Gasteiger partial charge in [-0.15, -0.1) is 0 Å². The second-order valence-electron chi connectivity index (χ2n) is 7.43. The molecule has 2 N–H and O–H groups in total. The molecular weight excluding hydrogens is 332 g/mol. The summed E-state index contributed by atoms with van der Waals surface area (Å²) in [7, 11) is 3.23. The lowest BCUT2D eigenvalue weighted by Gasteiger charge is -2.49.